The van der Waals surface area contributed by atoms with Gasteiger partial charge in [0.1, 0.15) is 13.2 Å². The highest BCUT2D eigenvalue weighted by atomic mass is 32.2. The highest BCUT2D eigenvalue weighted by Crippen LogP contribution is 2.57. The van der Waals surface area contributed by atoms with Crippen molar-refractivity contribution in [3.63, 3.8) is 0 Å². The van der Waals surface area contributed by atoms with Gasteiger partial charge in [-0.3, -0.25) is 49.8 Å². The number of nitro benzene ring substituents is 2. The van der Waals surface area contributed by atoms with Gasteiger partial charge in [0, 0.05) is 75.4 Å². The van der Waals surface area contributed by atoms with E-state index in [9.17, 15) is 57.4 Å². The van der Waals surface area contributed by atoms with Crippen molar-refractivity contribution in [3.05, 3.63) is 172 Å². The van der Waals surface area contributed by atoms with Gasteiger partial charge in [-0.05, 0) is 85.1 Å². The van der Waals surface area contributed by atoms with E-state index in [4.69, 9.17) is 18.8 Å². The molecule has 5 aromatic rings. The maximum atomic E-state index is 13.8. The average molecular weight is 993 g/mol. The average Bonchev–Trinajstić information content (AvgIpc) is 3.61. The molecule has 1 unspecified atom stereocenters. The third kappa shape index (κ3) is 10.4. The van der Waals surface area contributed by atoms with Gasteiger partial charge in [-0.2, -0.15) is 8.42 Å². The summed E-state index contributed by atoms with van der Waals surface area (Å²) in [7, 11) is -4.38. The predicted octanol–water partition coefficient (Wildman–Crippen LogP) is 7.06. The van der Waals surface area contributed by atoms with Gasteiger partial charge in [-0.15, -0.1) is 0 Å². The van der Waals surface area contributed by atoms with Crippen LogP contribution in [0.25, 0.3) is 0 Å². The number of amides is 4. The number of rotatable bonds is 16. The van der Waals surface area contributed by atoms with Crippen molar-refractivity contribution in [2.24, 2.45) is 0 Å². The number of ketones is 1. The first-order valence-corrected chi connectivity index (χ1v) is 23.3. The number of benzene rings is 5. The molecule has 2 aliphatic rings. The Balaban J connectivity index is 1.19. The summed E-state index contributed by atoms with van der Waals surface area (Å²) in [5.74, 6) is -3.04. The molecule has 0 bridgehead atoms. The van der Waals surface area contributed by atoms with Crippen LogP contribution in [0.15, 0.2) is 91.0 Å². The summed E-state index contributed by atoms with van der Waals surface area (Å²) in [6, 6.07) is 21.0. The second-order valence-electron chi connectivity index (χ2n) is 16.9. The van der Waals surface area contributed by atoms with Gasteiger partial charge in [-0.1, -0.05) is 39.0 Å². The molecule has 0 radical (unpaired) electrons. The zero-order valence-corrected chi connectivity index (χ0v) is 39.1. The van der Waals surface area contributed by atoms with E-state index in [0.29, 0.717) is 40.8 Å². The first kappa shape index (κ1) is 50.3. The van der Waals surface area contributed by atoms with Crippen molar-refractivity contribution in [2.45, 2.75) is 58.3 Å². The predicted molar refractivity (Wildman–Crippen MR) is 252 cm³/mol. The third-order valence-corrected chi connectivity index (χ3v) is 12.6. The van der Waals surface area contributed by atoms with Crippen LogP contribution in [0, 0.1) is 20.2 Å². The van der Waals surface area contributed by atoms with E-state index >= 15 is 0 Å². The molecule has 7 rings (SSSR count). The largest absolute Gasteiger partial charge is 0.444 e. The quantitative estimate of drug-likeness (QED) is 0.0165. The lowest BCUT2D eigenvalue weighted by Crippen LogP contribution is -2.41. The van der Waals surface area contributed by atoms with E-state index in [1.807, 2.05) is 20.8 Å². The van der Waals surface area contributed by atoms with Crippen molar-refractivity contribution in [1.82, 2.24) is 10.6 Å². The van der Waals surface area contributed by atoms with Gasteiger partial charge in [0.15, 0.2) is 11.4 Å². The van der Waals surface area contributed by atoms with Crippen LogP contribution in [0.5, 0.6) is 0 Å². The number of carbonyl (C=O) groups is 6. The van der Waals surface area contributed by atoms with Crippen LogP contribution >= 0.6 is 0 Å². The smallest absolute Gasteiger partial charge is 0.411 e. The lowest BCUT2D eigenvalue weighted by molar-refractivity contribution is -0.386. The number of hydrogen-bond donors (Lipinski definition) is 5. The fraction of sp³-hybridized carbons (Fsp3) is 0.250. The summed E-state index contributed by atoms with van der Waals surface area (Å²) < 4.78 is 48.2. The van der Waals surface area contributed by atoms with E-state index in [0.717, 1.165) is 24.3 Å². The summed E-state index contributed by atoms with van der Waals surface area (Å²) in [6.45, 7) is 5.56. The van der Waals surface area contributed by atoms with E-state index < -0.39 is 92.1 Å². The Morgan fingerprint density at radius 3 is 1.59 bits per heavy atom. The third-order valence-electron chi connectivity index (χ3n) is 11.9. The number of fused-ring (bicyclic) bond motifs is 6. The summed E-state index contributed by atoms with van der Waals surface area (Å²) in [6.07, 6.45) is -1.42. The van der Waals surface area contributed by atoms with Crippen molar-refractivity contribution in [1.29, 1.82) is 0 Å². The molecule has 5 N–H and O–H groups in total. The first-order chi connectivity index (χ1) is 33.5. The molecule has 5 aromatic carbocycles. The highest BCUT2D eigenvalue weighted by Gasteiger charge is 2.56. The maximum Gasteiger partial charge on any atom is 0.411 e. The van der Waals surface area contributed by atoms with Gasteiger partial charge in [0.2, 0.25) is 0 Å². The number of anilines is 2. The molecular formula is C48H44N6O16S. The zero-order chi connectivity index (χ0) is 51.6. The van der Waals surface area contributed by atoms with Crippen LogP contribution in [0.3, 0.4) is 0 Å². The van der Waals surface area contributed by atoms with Crippen LogP contribution in [-0.2, 0) is 48.6 Å². The Hall–Kier alpha value is -8.57. The van der Waals surface area contributed by atoms with Gasteiger partial charge in [0.25, 0.3) is 33.3 Å². The highest BCUT2D eigenvalue weighted by molar-refractivity contribution is 7.85. The molecular weight excluding hydrogens is 949 g/mol. The van der Waals surface area contributed by atoms with Crippen LogP contribution in [-0.4, -0.2) is 77.4 Å². The van der Waals surface area contributed by atoms with Gasteiger partial charge in [-0.25, -0.2) is 14.4 Å². The Morgan fingerprint density at radius 1 is 0.662 bits per heavy atom. The molecule has 368 valence electrons. The maximum absolute atomic E-state index is 13.8. The SMILES string of the molecule is CCCNC(=O)c1ccc([N+](=O)[O-])c(COC(=O)Nc2ccc3c(c2)C(C)(C)c2cc(NC(=O)OCc4cc(C(=O)NCCS(=O)(=O)O)ccc4[N+](=O)[O-])ccc2C32OC(=O)c3ccc(C(C)=O)cc32)c1. The van der Waals surface area contributed by atoms with Gasteiger partial charge >= 0.3 is 18.2 Å². The second-order valence-corrected chi connectivity index (χ2v) is 18.5. The number of nitrogens with one attached hydrogen (secondary N) is 4. The van der Waals surface area contributed by atoms with Crippen molar-refractivity contribution >= 4 is 68.6 Å². The molecule has 1 spiro atoms. The molecule has 0 aromatic heterocycles. The molecule has 1 atom stereocenters. The second kappa shape index (κ2) is 19.8. The standard InChI is InChI=1S/C48H44N6O16S/c1-5-16-49-42(56)28-7-14-40(53(61)62)30(19-28)24-68-45(59)51-32-9-12-35-38(22-32)47(3,4)39-23-33(10-13-36(39)48(35)37-21-27(26(2)55)6-11-34(37)44(58)70-48)52-46(60)69-25-31-20-29(8-15-41(31)54(63)64)43(57)50-17-18-71(65,66)67/h6-15,19-23H,5,16-18,24-25H2,1-4H3,(H,49,56)(H,50,57)(H,51,59)(H,52,60)(H,65,66,67). The Morgan fingerprint density at radius 2 is 1.14 bits per heavy atom. The zero-order valence-electron chi connectivity index (χ0n) is 38.3. The van der Waals surface area contributed by atoms with E-state index in [-0.39, 0.29) is 56.2 Å². The number of Topliss-reactive ketones (excluding diaryl/α,β-unsaturated/α-hetero) is 1. The first-order valence-electron chi connectivity index (χ1n) is 21.7. The number of nitrogens with zero attached hydrogens (tertiary/aromatic N) is 2. The summed E-state index contributed by atoms with van der Waals surface area (Å²) in [5.41, 5.74) is -0.709. The van der Waals surface area contributed by atoms with Crippen LogP contribution in [0.1, 0.15) is 114 Å². The van der Waals surface area contributed by atoms with Crippen LogP contribution < -0.4 is 21.3 Å². The number of nitro groups is 2. The molecule has 4 amide bonds. The molecule has 0 saturated heterocycles. The van der Waals surface area contributed by atoms with Crippen molar-refractivity contribution in [2.75, 3.05) is 29.5 Å². The lowest BCUT2D eigenvalue weighted by atomic mass is 9.61. The van der Waals surface area contributed by atoms with E-state index in [2.05, 4.69) is 21.3 Å². The Labute approximate surface area is 404 Å². The van der Waals surface area contributed by atoms with E-state index in [1.165, 1.54) is 43.3 Å². The minimum atomic E-state index is -4.38. The van der Waals surface area contributed by atoms with Crippen molar-refractivity contribution in [3.8, 4) is 0 Å². The Kier molecular flexibility index (Phi) is 14.0. The number of carbonyl (C=O) groups excluding carboxylic acids is 6. The molecule has 1 aliphatic heterocycles. The minimum Gasteiger partial charge on any atom is -0.444 e. The van der Waals surface area contributed by atoms with Gasteiger partial charge < -0.3 is 24.8 Å². The fourth-order valence-corrected chi connectivity index (χ4v) is 8.80. The van der Waals surface area contributed by atoms with E-state index in [1.54, 1.807) is 30.3 Å². The molecule has 71 heavy (non-hydrogen) atoms. The number of esters is 1. The lowest BCUT2D eigenvalue weighted by Gasteiger charge is -2.44. The van der Waals surface area contributed by atoms with Gasteiger partial charge in [0.05, 0.1) is 32.3 Å². The van der Waals surface area contributed by atoms with Crippen LogP contribution in [0.4, 0.5) is 32.3 Å². The summed E-state index contributed by atoms with van der Waals surface area (Å²) in [4.78, 5) is 101. The molecule has 1 aliphatic carbocycles. The summed E-state index contributed by atoms with van der Waals surface area (Å²) >= 11 is 0. The molecule has 1 heterocycles. The van der Waals surface area contributed by atoms with Crippen LogP contribution in [0.2, 0.25) is 0 Å². The number of hydrogen-bond acceptors (Lipinski definition) is 15. The summed E-state index contributed by atoms with van der Waals surface area (Å²) in [5, 5.41) is 33.9. The van der Waals surface area contributed by atoms with Crippen molar-refractivity contribution < 1.29 is 65.8 Å². The monoisotopic (exact) mass is 992 g/mol. The normalized spacial score (nSPS) is 15.0. The molecule has 22 nitrogen and oxygen atoms in total. The number of ether oxygens (including phenoxy) is 3. The molecule has 23 heteroatoms. The Bertz CT molecular complexity index is 3210. The minimum absolute atomic E-state index is 0.0344. The molecule has 0 fully saturated rings. The fourth-order valence-electron chi connectivity index (χ4n) is 8.44. The topological polar surface area (TPSA) is 319 Å². The molecule has 0 saturated carbocycles.